The molecule has 1 aliphatic heterocycles. The van der Waals surface area contributed by atoms with E-state index >= 15 is 0 Å². The van der Waals surface area contributed by atoms with E-state index < -0.39 is 0 Å². The number of hydrogen-bond acceptors (Lipinski definition) is 4. The minimum atomic E-state index is -0.368. The maximum Gasteiger partial charge on any atom is 0.257 e. The van der Waals surface area contributed by atoms with E-state index in [1.165, 1.54) is 0 Å². The SMILES string of the molecule is CCc1occc1C(=O)N1CC(COC)OC(C)(C)C1. The van der Waals surface area contributed by atoms with E-state index in [1.807, 2.05) is 25.7 Å². The molecule has 1 amide bonds. The van der Waals surface area contributed by atoms with Crippen molar-refractivity contribution >= 4 is 5.91 Å². The standard InChI is InChI=1S/C15H23NO4/c1-5-13-12(6-7-19-13)14(17)16-8-11(9-18-4)20-15(2,3)10-16/h6-7,11H,5,8-10H2,1-4H3. The first-order chi connectivity index (χ1) is 9.46. The summed E-state index contributed by atoms with van der Waals surface area (Å²) in [4.78, 5) is 14.5. The zero-order valence-corrected chi connectivity index (χ0v) is 12.6. The van der Waals surface area contributed by atoms with Crippen LogP contribution in [0.4, 0.5) is 0 Å². The van der Waals surface area contributed by atoms with Crippen LogP contribution in [0.15, 0.2) is 16.7 Å². The largest absolute Gasteiger partial charge is 0.469 e. The molecule has 0 bridgehead atoms. The number of ether oxygens (including phenoxy) is 2. The number of carbonyl (C=O) groups is 1. The van der Waals surface area contributed by atoms with Gasteiger partial charge >= 0.3 is 0 Å². The van der Waals surface area contributed by atoms with Crippen LogP contribution in [0.1, 0.15) is 36.9 Å². The molecule has 1 aromatic heterocycles. The monoisotopic (exact) mass is 281 g/mol. The first kappa shape index (κ1) is 15.1. The lowest BCUT2D eigenvalue weighted by Crippen LogP contribution is -2.55. The molecule has 2 heterocycles. The Morgan fingerprint density at radius 1 is 1.55 bits per heavy atom. The van der Waals surface area contributed by atoms with Crippen molar-refractivity contribution in [2.45, 2.75) is 38.9 Å². The quantitative estimate of drug-likeness (QED) is 0.848. The second kappa shape index (κ2) is 5.97. The molecule has 1 saturated heterocycles. The van der Waals surface area contributed by atoms with E-state index in [-0.39, 0.29) is 17.6 Å². The van der Waals surface area contributed by atoms with Gasteiger partial charge in [-0.15, -0.1) is 0 Å². The Bertz CT molecular complexity index is 466. The van der Waals surface area contributed by atoms with Gasteiger partial charge in [-0.1, -0.05) is 6.92 Å². The highest BCUT2D eigenvalue weighted by Crippen LogP contribution is 2.24. The van der Waals surface area contributed by atoms with E-state index in [0.29, 0.717) is 31.7 Å². The molecule has 0 aliphatic carbocycles. The molecule has 112 valence electrons. The Morgan fingerprint density at radius 2 is 2.30 bits per heavy atom. The molecular formula is C15H23NO4. The molecule has 0 saturated carbocycles. The van der Waals surface area contributed by atoms with Crippen molar-refractivity contribution in [1.29, 1.82) is 0 Å². The summed E-state index contributed by atoms with van der Waals surface area (Å²) >= 11 is 0. The van der Waals surface area contributed by atoms with Gasteiger partial charge in [0, 0.05) is 26.6 Å². The normalized spacial score (nSPS) is 22.0. The Balaban J connectivity index is 2.16. The predicted octanol–water partition coefficient (Wildman–Crippen LogP) is 2.11. The Kier molecular flexibility index (Phi) is 4.50. The van der Waals surface area contributed by atoms with Crippen molar-refractivity contribution < 1.29 is 18.7 Å². The summed E-state index contributed by atoms with van der Waals surface area (Å²) in [6, 6.07) is 1.74. The third-order valence-corrected chi connectivity index (χ3v) is 3.42. The highest BCUT2D eigenvalue weighted by molar-refractivity contribution is 5.95. The maximum atomic E-state index is 12.6. The first-order valence-corrected chi connectivity index (χ1v) is 6.99. The van der Waals surface area contributed by atoms with Gasteiger partial charge in [-0.2, -0.15) is 0 Å². The van der Waals surface area contributed by atoms with Gasteiger partial charge in [0.05, 0.1) is 30.1 Å². The summed E-state index contributed by atoms with van der Waals surface area (Å²) < 4.78 is 16.4. The van der Waals surface area contributed by atoms with Crippen molar-refractivity contribution in [3.05, 3.63) is 23.7 Å². The molecule has 5 nitrogen and oxygen atoms in total. The second-order valence-corrected chi connectivity index (χ2v) is 5.75. The number of carbonyl (C=O) groups excluding carboxylic acids is 1. The zero-order valence-electron chi connectivity index (χ0n) is 12.6. The van der Waals surface area contributed by atoms with Crippen LogP contribution in [0, 0.1) is 0 Å². The fraction of sp³-hybridized carbons (Fsp3) is 0.667. The minimum Gasteiger partial charge on any atom is -0.469 e. The maximum absolute atomic E-state index is 12.6. The highest BCUT2D eigenvalue weighted by atomic mass is 16.5. The molecule has 0 N–H and O–H groups in total. The lowest BCUT2D eigenvalue weighted by molar-refractivity contribution is -0.143. The van der Waals surface area contributed by atoms with Crippen LogP contribution in [-0.2, 0) is 15.9 Å². The van der Waals surface area contributed by atoms with Crippen LogP contribution in [0.2, 0.25) is 0 Å². The van der Waals surface area contributed by atoms with E-state index in [4.69, 9.17) is 13.9 Å². The Hall–Kier alpha value is -1.33. The lowest BCUT2D eigenvalue weighted by atomic mass is 10.0. The average Bonchev–Trinajstić information content (AvgIpc) is 2.84. The third kappa shape index (κ3) is 3.22. The number of nitrogens with zero attached hydrogens (tertiary/aromatic N) is 1. The summed E-state index contributed by atoms with van der Waals surface area (Å²) in [7, 11) is 1.64. The third-order valence-electron chi connectivity index (χ3n) is 3.42. The van der Waals surface area contributed by atoms with Gasteiger partial charge in [0.2, 0.25) is 0 Å². The summed E-state index contributed by atoms with van der Waals surface area (Å²) in [6.07, 6.45) is 2.19. The molecular weight excluding hydrogens is 258 g/mol. The molecule has 0 spiro atoms. The van der Waals surface area contributed by atoms with Crippen molar-refractivity contribution in [3.8, 4) is 0 Å². The van der Waals surface area contributed by atoms with Gasteiger partial charge in [-0.25, -0.2) is 0 Å². The second-order valence-electron chi connectivity index (χ2n) is 5.75. The van der Waals surface area contributed by atoms with Gasteiger partial charge in [-0.3, -0.25) is 4.79 Å². The number of hydrogen-bond donors (Lipinski definition) is 0. The minimum absolute atomic E-state index is 0.00748. The van der Waals surface area contributed by atoms with E-state index in [0.717, 1.165) is 5.76 Å². The van der Waals surface area contributed by atoms with Gasteiger partial charge < -0.3 is 18.8 Å². The number of aryl methyl sites for hydroxylation is 1. The molecule has 2 rings (SSSR count). The topological polar surface area (TPSA) is 51.9 Å². The first-order valence-electron chi connectivity index (χ1n) is 6.99. The average molecular weight is 281 g/mol. The molecule has 20 heavy (non-hydrogen) atoms. The van der Waals surface area contributed by atoms with Crippen LogP contribution < -0.4 is 0 Å². The Labute approximate surface area is 119 Å². The highest BCUT2D eigenvalue weighted by Gasteiger charge is 2.36. The molecule has 0 radical (unpaired) electrons. The van der Waals surface area contributed by atoms with Crippen molar-refractivity contribution in [2.24, 2.45) is 0 Å². The van der Waals surface area contributed by atoms with Crippen LogP contribution in [0.3, 0.4) is 0 Å². The summed E-state index contributed by atoms with van der Waals surface area (Å²) in [5, 5.41) is 0. The molecule has 1 fully saturated rings. The summed E-state index contributed by atoms with van der Waals surface area (Å²) in [5.41, 5.74) is 0.286. The summed E-state index contributed by atoms with van der Waals surface area (Å²) in [5.74, 6) is 0.746. The Morgan fingerprint density at radius 3 is 2.95 bits per heavy atom. The smallest absolute Gasteiger partial charge is 0.257 e. The van der Waals surface area contributed by atoms with Crippen molar-refractivity contribution in [1.82, 2.24) is 4.90 Å². The number of morpholine rings is 1. The number of rotatable bonds is 4. The van der Waals surface area contributed by atoms with Crippen LogP contribution >= 0.6 is 0 Å². The lowest BCUT2D eigenvalue weighted by Gasteiger charge is -2.42. The molecule has 1 atom stereocenters. The molecule has 0 aromatic carbocycles. The van der Waals surface area contributed by atoms with Crippen LogP contribution in [0.5, 0.6) is 0 Å². The number of amides is 1. The van der Waals surface area contributed by atoms with E-state index in [1.54, 1.807) is 19.4 Å². The van der Waals surface area contributed by atoms with Crippen molar-refractivity contribution in [2.75, 3.05) is 26.8 Å². The van der Waals surface area contributed by atoms with Gasteiger partial charge in [0.1, 0.15) is 5.76 Å². The summed E-state index contributed by atoms with van der Waals surface area (Å²) in [6.45, 7) is 7.56. The number of methoxy groups -OCH3 is 1. The van der Waals surface area contributed by atoms with Crippen molar-refractivity contribution in [3.63, 3.8) is 0 Å². The fourth-order valence-electron chi connectivity index (χ4n) is 2.70. The molecule has 1 aromatic rings. The molecule has 1 aliphatic rings. The van der Waals surface area contributed by atoms with Crippen LogP contribution in [0.25, 0.3) is 0 Å². The fourth-order valence-corrected chi connectivity index (χ4v) is 2.70. The van der Waals surface area contributed by atoms with Crippen LogP contribution in [-0.4, -0.2) is 49.3 Å². The van der Waals surface area contributed by atoms with Gasteiger partial charge in [0.25, 0.3) is 5.91 Å². The predicted molar refractivity (Wildman–Crippen MR) is 74.8 cm³/mol. The van der Waals surface area contributed by atoms with Gasteiger partial charge in [0.15, 0.2) is 0 Å². The van der Waals surface area contributed by atoms with E-state index in [9.17, 15) is 4.79 Å². The van der Waals surface area contributed by atoms with E-state index in [2.05, 4.69) is 0 Å². The zero-order chi connectivity index (χ0) is 14.8. The molecule has 5 heteroatoms. The van der Waals surface area contributed by atoms with Gasteiger partial charge in [-0.05, 0) is 19.9 Å². The molecule has 1 unspecified atom stereocenters. The number of furan rings is 1.